The Hall–Kier alpha value is -2.15. The van der Waals surface area contributed by atoms with Crippen LogP contribution in [0.5, 0.6) is 0 Å². The van der Waals surface area contributed by atoms with Gasteiger partial charge in [-0.05, 0) is 63.3 Å². The molecule has 0 bridgehead atoms. The number of nitrogens with zero attached hydrogens (tertiary/aromatic N) is 1. The molecule has 1 aliphatic rings. The number of ketones is 1. The smallest absolute Gasteiger partial charge is 0.232 e. The van der Waals surface area contributed by atoms with Gasteiger partial charge in [-0.25, -0.2) is 8.42 Å². The Kier molecular flexibility index (Phi) is 7.59. The first-order chi connectivity index (χ1) is 12.8. The molecule has 6 nitrogen and oxygen atoms in total. The van der Waals surface area contributed by atoms with Gasteiger partial charge in [0, 0.05) is 25.1 Å². The quantitative estimate of drug-likeness (QED) is 0.517. The Labute approximate surface area is 161 Å². The van der Waals surface area contributed by atoms with Crippen LogP contribution in [0.3, 0.4) is 0 Å². The average Bonchev–Trinajstić information content (AvgIpc) is 2.62. The van der Waals surface area contributed by atoms with Crippen LogP contribution in [0.15, 0.2) is 35.9 Å². The van der Waals surface area contributed by atoms with Crippen molar-refractivity contribution in [3.63, 3.8) is 0 Å². The minimum Gasteiger partial charge on any atom is -0.356 e. The molecule has 27 heavy (non-hydrogen) atoms. The van der Waals surface area contributed by atoms with Crippen LogP contribution < -0.4 is 9.62 Å². The third-order valence-electron chi connectivity index (χ3n) is 4.66. The summed E-state index contributed by atoms with van der Waals surface area (Å²) in [5, 5.41) is 2.87. The molecule has 1 aromatic carbocycles. The highest BCUT2D eigenvalue weighted by atomic mass is 32.2. The van der Waals surface area contributed by atoms with E-state index in [4.69, 9.17) is 0 Å². The van der Waals surface area contributed by atoms with Crippen molar-refractivity contribution in [2.24, 2.45) is 0 Å². The zero-order chi connectivity index (χ0) is 19.9. The molecule has 1 aliphatic carbocycles. The fourth-order valence-corrected chi connectivity index (χ4v) is 4.06. The number of carbonyl (C=O) groups is 2. The molecule has 0 spiro atoms. The Morgan fingerprint density at radius 2 is 1.85 bits per heavy atom. The fourth-order valence-electron chi connectivity index (χ4n) is 3.13. The van der Waals surface area contributed by atoms with E-state index in [-0.39, 0.29) is 24.7 Å². The third-order valence-corrected chi connectivity index (χ3v) is 5.85. The summed E-state index contributed by atoms with van der Waals surface area (Å²) in [5.74, 6) is -0.250. The molecule has 0 fully saturated rings. The highest BCUT2D eigenvalue weighted by molar-refractivity contribution is 7.92. The van der Waals surface area contributed by atoms with E-state index in [1.165, 1.54) is 29.6 Å². The van der Waals surface area contributed by atoms with Gasteiger partial charge in [-0.3, -0.25) is 13.9 Å². The van der Waals surface area contributed by atoms with E-state index in [0.29, 0.717) is 17.8 Å². The van der Waals surface area contributed by atoms with Gasteiger partial charge in [-0.1, -0.05) is 11.6 Å². The summed E-state index contributed by atoms with van der Waals surface area (Å²) < 4.78 is 25.4. The number of anilines is 1. The molecule has 0 aliphatic heterocycles. The van der Waals surface area contributed by atoms with E-state index in [0.717, 1.165) is 25.5 Å². The maximum Gasteiger partial charge on any atom is 0.232 e. The minimum atomic E-state index is -3.53. The third kappa shape index (κ3) is 6.82. The van der Waals surface area contributed by atoms with Gasteiger partial charge in [-0.2, -0.15) is 0 Å². The van der Waals surface area contributed by atoms with E-state index < -0.39 is 10.0 Å². The Morgan fingerprint density at radius 1 is 1.15 bits per heavy atom. The maximum absolute atomic E-state index is 12.1. The SMILES string of the molecule is CC(=O)c1ccc(N(CCC(=O)NCCC2=CCCCC2)S(C)(=O)=O)cc1. The molecule has 0 atom stereocenters. The molecule has 0 saturated carbocycles. The second-order valence-electron chi connectivity index (χ2n) is 6.90. The van der Waals surface area contributed by atoms with Crippen LogP contribution in [0.25, 0.3) is 0 Å². The second-order valence-corrected chi connectivity index (χ2v) is 8.80. The van der Waals surface area contributed by atoms with Crippen molar-refractivity contribution in [1.29, 1.82) is 0 Å². The number of nitrogens with one attached hydrogen (secondary N) is 1. The molecule has 1 aromatic rings. The molecule has 0 unspecified atom stereocenters. The number of carbonyl (C=O) groups excluding carboxylic acids is 2. The van der Waals surface area contributed by atoms with E-state index in [2.05, 4.69) is 11.4 Å². The number of amides is 1. The van der Waals surface area contributed by atoms with Gasteiger partial charge < -0.3 is 5.32 Å². The van der Waals surface area contributed by atoms with Gasteiger partial charge in [0.1, 0.15) is 0 Å². The summed E-state index contributed by atoms with van der Waals surface area (Å²) in [6.45, 7) is 2.10. The van der Waals surface area contributed by atoms with Crippen LogP contribution in [0, 0.1) is 0 Å². The minimum absolute atomic E-state index is 0.0623. The topological polar surface area (TPSA) is 83.6 Å². The lowest BCUT2D eigenvalue weighted by Gasteiger charge is -2.22. The van der Waals surface area contributed by atoms with Crippen molar-refractivity contribution in [3.05, 3.63) is 41.5 Å². The Balaban J connectivity index is 1.89. The molecule has 1 N–H and O–H groups in total. The van der Waals surface area contributed by atoms with Crippen LogP contribution in [0.4, 0.5) is 5.69 Å². The highest BCUT2D eigenvalue weighted by Gasteiger charge is 2.19. The first kappa shape index (κ1) is 21.2. The molecule has 0 radical (unpaired) electrons. The lowest BCUT2D eigenvalue weighted by molar-refractivity contribution is -0.120. The molecule has 0 aromatic heterocycles. The highest BCUT2D eigenvalue weighted by Crippen LogP contribution is 2.20. The van der Waals surface area contributed by atoms with Crippen molar-refractivity contribution < 1.29 is 18.0 Å². The molecule has 0 saturated heterocycles. The van der Waals surface area contributed by atoms with E-state index in [1.807, 2.05) is 0 Å². The monoisotopic (exact) mass is 392 g/mol. The molecular formula is C20H28N2O4S. The van der Waals surface area contributed by atoms with Crippen molar-refractivity contribution in [3.8, 4) is 0 Å². The zero-order valence-electron chi connectivity index (χ0n) is 16.0. The number of rotatable bonds is 9. The Morgan fingerprint density at radius 3 is 2.41 bits per heavy atom. The molecule has 148 valence electrons. The van der Waals surface area contributed by atoms with Crippen molar-refractivity contribution in [1.82, 2.24) is 5.32 Å². The number of hydrogen-bond donors (Lipinski definition) is 1. The van der Waals surface area contributed by atoms with Crippen LogP contribution in [0.2, 0.25) is 0 Å². The predicted molar refractivity (Wildman–Crippen MR) is 107 cm³/mol. The zero-order valence-corrected chi connectivity index (χ0v) is 16.8. The largest absolute Gasteiger partial charge is 0.356 e. The van der Waals surface area contributed by atoms with Gasteiger partial charge in [0.05, 0.1) is 11.9 Å². The van der Waals surface area contributed by atoms with Crippen molar-refractivity contribution in [2.75, 3.05) is 23.7 Å². The fraction of sp³-hybridized carbons (Fsp3) is 0.500. The first-order valence-electron chi connectivity index (χ1n) is 9.30. The molecule has 2 rings (SSSR count). The van der Waals surface area contributed by atoms with Crippen molar-refractivity contribution >= 4 is 27.4 Å². The standard InChI is InChI=1S/C20H28N2O4S/c1-16(23)18-8-10-19(11-9-18)22(27(2,25)26)15-13-20(24)21-14-12-17-6-4-3-5-7-17/h6,8-11H,3-5,7,12-15H2,1-2H3,(H,21,24). The van der Waals surface area contributed by atoms with E-state index in [9.17, 15) is 18.0 Å². The maximum atomic E-state index is 12.1. The van der Waals surface area contributed by atoms with Crippen molar-refractivity contribution in [2.45, 2.75) is 45.4 Å². The van der Waals surface area contributed by atoms with E-state index in [1.54, 1.807) is 24.3 Å². The van der Waals surface area contributed by atoms with Crippen LogP contribution in [-0.2, 0) is 14.8 Å². The number of benzene rings is 1. The normalized spacial score (nSPS) is 14.4. The van der Waals surface area contributed by atoms with Crippen LogP contribution in [0.1, 0.15) is 55.8 Å². The molecule has 1 amide bonds. The number of Topliss-reactive ketones (excluding diaryl/α,β-unsaturated/α-hetero) is 1. The summed E-state index contributed by atoms with van der Waals surface area (Å²) in [6.07, 6.45) is 8.98. The van der Waals surface area contributed by atoms with Gasteiger partial charge in [0.15, 0.2) is 5.78 Å². The van der Waals surface area contributed by atoms with Crippen LogP contribution >= 0.6 is 0 Å². The van der Waals surface area contributed by atoms with E-state index >= 15 is 0 Å². The lowest BCUT2D eigenvalue weighted by Crippen LogP contribution is -2.35. The van der Waals surface area contributed by atoms with Gasteiger partial charge >= 0.3 is 0 Å². The number of hydrogen-bond acceptors (Lipinski definition) is 4. The van der Waals surface area contributed by atoms with Gasteiger partial charge in [0.2, 0.25) is 15.9 Å². The average molecular weight is 393 g/mol. The second kappa shape index (κ2) is 9.69. The van der Waals surface area contributed by atoms with Gasteiger partial charge in [0.25, 0.3) is 0 Å². The number of sulfonamides is 1. The molecule has 7 heteroatoms. The summed E-state index contributed by atoms with van der Waals surface area (Å²) >= 11 is 0. The Bertz CT molecular complexity index is 798. The summed E-state index contributed by atoms with van der Waals surface area (Å²) in [7, 11) is -3.53. The summed E-state index contributed by atoms with van der Waals surface area (Å²) in [4.78, 5) is 23.5. The first-order valence-corrected chi connectivity index (χ1v) is 11.2. The lowest BCUT2D eigenvalue weighted by atomic mass is 9.97. The van der Waals surface area contributed by atoms with Crippen LogP contribution in [-0.4, -0.2) is 39.5 Å². The van der Waals surface area contributed by atoms with Gasteiger partial charge in [-0.15, -0.1) is 0 Å². The molecule has 0 heterocycles. The number of allylic oxidation sites excluding steroid dienone is 1. The summed E-state index contributed by atoms with van der Waals surface area (Å²) in [6, 6.07) is 6.36. The predicted octanol–water partition coefficient (Wildman–Crippen LogP) is 3.05. The molecular weight excluding hydrogens is 364 g/mol. The summed E-state index contributed by atoms with van der Waals surface area (Å²) in [5.41, 5.74) is 2.36.